The molecular weight excluding hydrogens is 324 g/mol. The summed E-state index contributed by atoms with van der Waals surface area (Å²) in [6.07, 6.45) is 4.28. The molecule has 0 aliphatic carbocycles. The molecule has 2 amide bonds. The molecule has 24 heavy (non-hydrogen) atoms. The van der Waals surface area contributed by atoms with Crippen molar-refractivity contribution in [2.45, 2.75) is 46.0 Å². The molecule has 0 bridgehead atoms. The van der Waals surface area contributed by atoms with Crippen molar-refractivity contribution in [3.8, 4) is 0 Å². The van der Waals surface area contributed by atoms with Crippen LogP contribution in [-0.4, -0.2) is 52.8 Å². The van der Waals surface area contributed by atoms with E-state index >= 15 is 0 Å². The van der Waals surface area contributed by atoms with E-state index in [2.05, 4.69) is 4.98 Å². The fourth-order valence-corrected chi connectivity index (χ4v) is 4.91. The lowest BCUT2D eigenvalue weighted by molar-refractivity contribution is -0.138. The van der Waals surface area contributed by atoms with Crippen LogP contribution in [0.2, 0.25) is 0 Å². The molecular formula is C17H26N4O2S. The number of thiazole rings is 1. The first kappa shape index (κ1) is 17.2. The second kappa shape index (κ2) is 6.70. The average Bonchev–Trinajstić information content (AvgIpc) is 2.97. The van der Waals surface area contributed by atoms with E-state index in [0.29, 0.717) is 22.9 Å². The summed E-state index contributed by atoms with van der Waals surface area (Å²) in [6, 6.07) is 0. The summed E-state index contributed by atoms with van der Waals surface area (Å²) in [5.74, 6) is 0.301. The number of aryl methyl sites for hydroxylation is 1. The first-order valence-electron chi connectivity index (χ1n) is 8.80. The molecule has 1 atom stereocenters. The van der Waals surface area contributed by atoms with Gasteiger partial charge in [0.15, 0.2) is 5.13 Å². The fourth-order valence-electron chi connectivity index (χ4n) is 4.03. The molecule has 2 aliphatic rings. The molecule has 0 unspecified atom stereocenters. The molecule has 132 valence electrons. The van der Waals surface area contributed by atoms with Gasteiger partial charge in [-0.3, -0.25) is 9.59 Å². The lowest BCUT2D eigenvalue weighted by Gasteiger charge is -2.48. The lowest BCUT2D eigenvalue weighted by Crippen LogP contribution is -2.55. The summed E-state index contributed by atoms with van der Waals surface area (Å²) in [5, 5.41) is 0.461. The first-order chi connectivity index (χ1) is 11.5. The minimum Gasteiger partial charge on any atom is -0.375 e. The number of anilines is 1. The maximum absolute atomic E-state index is 13.0. The van der Waals surface area contributed by atoms with Gasteiger partial charge in [-0.1, -0.05) is 18.3 Å². The largest absolute Gasteiger partial charge is 0.375 e. The van der Waals surface area contributed by atoms with Gasteiger partial charge in [0.25, 0.3) is 5.91 Å². The molecule has 2 aliphatic heterocycles. The minimum absolute atomic E-state index is 0.0556. The number of nitrogen functional groups attached to an aromatic ring is 1. The van der Waals surface area contributed by atoms with Gasteiger partial charge >= 0.3 is 0 Å². The molecule has 0 aromatic carbocycles. The number of hydrogen-bond donors (Lipinski definition) is 1. The Hall–Kier alpha value is -1.63. The number of carbonyl (C=O) groups is 2. The van der Waals surface area contributed by atoms with Gasteiger partial charge in [-0.2, -0.15) is 0 Å². The van der Waals surface area contributed by atoms with Gasteiger partial charge in [-0.25, -0.2) is 4.98 Å². The second-order valence-corrected chi connectivity index (χ2v) is 7.95. The number of amides is 2. The third-order valence-electron chi connectivity index (χ3n) is 5.32. The van der Waals surface area contributed by atoms with E-state index in [1.54, 1.807) is 0 Å². The van der Waals surface area contributed by atoms with Crippen LogP contribution in [0, 0.1) is 5.41 Å². The molecule has 3 rings (SSSR count). The highest BCUT2D eigenvalue weighted by atomic mass is 32.1. The van der Waals surface area contributed by atoms with Crippen LogP contribution in [0.25, 0.3) is 0 Å². The maximum atomic E-state index is 13.0. The van der Waals surface area contributed by atoms with Crippen molar-refractivity contribution in [3.05, 3.63) is 10.6 Å². The van der Waals surface area contributed by atoms with Gasteiger partial charge < -0.3 is 15.5 Å². The molecule has 7 heteroatoms. The van der Waals surface area contributed by atoms with E-state index in [4.69, 9.17) is 5.73 Å². The lowest BCUT2D eigenvalue weighted by atomic mass is 9.73. The molecule has 6 nitrogen and oxygen atoms in total. The smallest absolute Gasteiger partial charge is 0.265 e. The SMILES string of the molecule is CCc1nc(N)sc1C(=O)N1CCC[C@]2(CCC(=O)N(CC)C2)C1. The quantitative estimate of drug-likeness (QED) is 0.906. The van der Waals surface area contributed by atoms with Gasteiger partial charge in [0.2, 0.25) is 5.91 Å². The summed E-state index contributed by atoms with van der Waals surface area (Å²) in [6.45, 7) is 7.06. The van der Waals surface area contributed by atoms with Crippen molar-refractivity contribution >= 4 is 28.3 Å². The molecule has 0 saturated carbocycles. The predicted molar refractivity (Wildman–Crippen MR) is 95.0 cm³/mol. The third kappa shape index (κ3) is 3.14. The molecule has 0 radical (unpaired) electrons. The van der Waals surface area contributed by atoms with Crippen LogP contribution < -0.4 is 5.73 Å². The average molecular weight is 350 g/mol. The predicted octanol–water partition coefficient (Wildman–Crippen LogP) is 2.15. The molecule has 1 aromatic heterocycles. The van der Waals surface area contributed by atoms with Crippen molar-refractivity contribution in [3.63, 3.8) is 0 Å². The highest BCUT2D eigenvalue weighted by Crippen LogP contribution is 2.39. The Morgan fingerprint density at radius 3 is 2.83 bits per heavy atom. The number of hydrogen-bond acceptors (Lipinski definition) is 5. The molecule has 3 heterocycles. The Bertz CT molecular complexity index is 645. The summed E-state index contributed by atoms with van der Waals surface area (Å²) in [7, 11) is 0. The fraction of sp³-hybridized carbons (Fsp3) is 0.706. The van der Waals surface area contributed by atoms with Gasteiger partial charge in [0.05, 0.1) is 5.69 Å². The van der Waals surface area contributed by atoms with Crippen LogP contribution in [0.15, 0.2) is 0 Å². The maximum Gasteiger partial charge on any atom is 0.265 e. The van der Waals surface area contributed by atoms with E-state index in [9.17, 15) is 9.59 Å². The third-order valence-corrected chi connectivity index (χ3v) is 6.24. The Morgan fingerprint density at radius 2 is 2.12 bits per heavy atom. The molecule has 2 fully saturated rings. The monoisotopic (exact) mass is 350 g/mol. The second-order valence-electron chi connectivity index (χ2n) is 6.92. The van der Waals surface area contributed by atoms with E-state index in [-0.39, 0.29) is 17.2 Å². The van der Waals surface area contributed by atoms with Crippen molar-refractivity contribution in [2.75, 3.05) is 31.9 Å². The number of carbonyl (C=O) groups excluding carboxylic acids is 2. The Kier molecular flexibility index (Phi) is 4.80. The topological polar surface area (TPSA) is 79.5 Å². The zero-order valence-corrected chi connectivity index (χ0v) is 15.3. The van der Waals surface area contributed by atoms with E-state index in [0.717, 1.165) is 51.1 Å². The minimum atomic E-state index is 0.0556. The molecule has 2 N–H and O–H groups in total. The van der Waals surface area contributed by atoms with E-state index < -0.39 is 0 Å². The highest BCUT2D eigenvalue weighted by Gasteiger charge is 2.42. The number of nitrogens with two attached hydrogens (primary N) is 1. The summed E-state index contributed by atoms with van der Waals surface area (Å²) in [5.41, 5.74) is 6.66. The van der Waals surface area contributed by atoms with E-state index in [1.165, 1.54) is 11.3 Å². The summed E-state index contributed by atoms with van der Waals surface area (Å²) in [4.78, 5) is 33.9. The molecule has 1 aromatic rings. The Morgan fingerprint density at radius 1 is 1.33 bits per heavy atom. The number of aromatic nitrogens is 1. The van der Waals surface area contributed by atoms with Gasteiger partial charge in [-0.05, 0) is 32.6 Å². The van der Waals surface area contributed by atoms with Crippen molar-refractivity contribution in [1.82, 2.24) is 14.8 Å². The van der Waals surface area contributed by atoms with E-state index in [1.807, 2.05) is 23.6 Å². The first-order valence-corrected chi connectivity index (χ1v) is 9.62. The number of piperidine rings is 2. The standard InChI is InChI=1S/C17H26N4O2S/c1-3-12-14(24-16(18)19-12)15(23)21-9-5-7-17(11-21)8-6-13(22)20(4-2)10-17/h3-11H2,1-2H3,(H2,18,19)/t17-/m1/s1. The summed E-state index contributed by atoms with van der Waals surface area (Å²) >= 11 is 1.29. The van der Waals surface area contributed by atoms with Crippen LogP contribution in [0.1, 0.15) is 54.9 Å². The normalized spacial score (nSPS) is 24.7. The Labute approximate surface area is 147 Å². The van der Waals surface area contributed by atoms with Crippen molar-refractivity contribution in [1.29, 1.82) is 0 Å². The van der Waals surface area contributed by atoms with Crippen LogP contribution >= 0.6 is 11.3 Å². The zero-order chi connectivity index (χ0) is 17.3. The summed E-state index contributed by atoms with van der Waals surface area (Å²) < 4.78 is 0. The highest BCUT2D eigenvalue weighted by molar-refractivity contribution is 7.17. The Balaban J connectivity index is 1.78. The number of nitrogens with zero attached hydrogens (tertiary/aromatic N) is 3. The number of likely N-dealkylation sites (tertiary alicyclic amines) is 2. The van der Waals surface area contributed by atoms with Crippen LogP contribution in [0.5, 0.6) is 0 Å². The zero-order valence-electron chi connectivity index (χ0n) is 14.5. The number of rotatable bonds is 3. The van der Waals surface area contributed by atoms with Gasteiger partial charge in [0, 0.05) is 38.0 Å². The van der Waals surface area contributed by atoms with Crippen molar-refractivity contribution in [2.24, 2.45) is 5.41 Å². The van der Waals surface area contributed by atoms with Gasteiger partial charge in [-0.15, -0.1) is 0 Å². The van der Waals surface area contributed by atoms with Crippen LogP contribution in [-0.2, 0) is 11.2 Å². The molecule has 2 saturated heterocycles. The van der Waals surface area contributed by atoms with Gasteiger partial charge in [0.1, 0.15) is 4.88 Å². The van der Waals surface area contributed by atoms with Crippen LogP contribution in [0.4, 0.5) is 5.13 Å². The van der Waals surface area contributed by atoms with Crippen molar-refractivity contribution < 1.29 is 9.59 Å². The van der Waals surface area contributed by atoms with Crippen LogP contribution in [0.3, 0.4) is 0 Å². The molecule has 1 spiro atoms.